The van der Waals surface area contributed by atoms with Crippen molar-refractivity contribution in [3.8, 4) is 0 Å². The van der Waals surface area contributed by atoms with Crippen molar-refractivity contribution in [2.75, 3.05) is 6.54 Å². The molecule has 1 aromatic carbocycles. The maximum Gasteiger partial charge on any atom is 0.244 e. The molecule has 2 N–H and O–H groups in total. The predicted octanol–water partition coefficient (Wildman–Crippen LogP) is 2.39. The van der Waals surface area contributed by atoms with Crippen LogP contribution in [0.1, 0.15) is 40.9 Å². The second kappa shape index (κ2) is 6.84. The summed E-state index contributed by atoms with van der Waals surface area (Å²) in [7, 11) is 1.88. The standard InChI is InChI=1S/C20H25N3O2/c1-14-17(15(2)23(3)22-14)10-11-19(24)21-13-20(25)12-6-8-16-7-4-5-9-18(16)20/h4-5,7,9-11,25H,6,8,12-13H2,1-3H3,(H,21,24)/b11-10+/t20-/m0/s1. The minimum Gasteiger partial charge on any atom is -0.383 e. The van der Waals surface area contributed by atoms with Gasteiger partial charge in [-0.25, -0.2) is 0 Å². The SMILES string of the molecule is Cc1nn(C)c(C)c1/C=C/C(=O)NC[C@@]1(O)CCCc2ccccc21. The third-order valence-corrected chi connectivity index (χ3v) is 5.08. The second-order valence-electron chi connectivity index (χ2n) is 6.80. The number of nitrogens with one attached hydrogen (secondary N) is 1. The van der Waals surface area contributed by atoms with Gasteiger partial charge in [-0.1, -0.05) is 24.3 Å². The normalized spacial score (nSPS) is 19.8. The summed E-state index contributed by atoms with van der Waals surface area (Å²) >= 11 is 0. The highest BCUT2D eigenvalue weighted by molar-refractivity contribution is 5.92. The zero-order chi connectivity index (χ0) is 18.0. The number of aliphatic hydroxyl groups is 1. The van der Waals surface area contributed by atoms with Gasteiger partial charge in [0.15, 0.2) is 0 Å². The monoisotopic (exact) mass is 339 g/mol. The van der Waals surface area contributed by atoms with Crippen molar-refractivity contribution in [2.45, 2.75) is 38.7 Å². The average molecular weight is 339 g/mol. The number of amides is 1. The first-order chi connectivity index (χ1) is 11.9. The summed E-state index contributed by atoms with van der Waals surface area (Å²) in [5.74, 6) is -0.209. The van der Waals surface area contributed by atoms with E-state index in [1.165, 1.54) is 11.6 Å². The van der Waals surface area contributed by atoms with Crippen molar-refractivity contribution >= 4 is 12.0 Å². The molecule has 0 aliphatic heterocycles. The number of rotatable bonds is 4. The van der Waals surface area contributed by atoms with Crippen LogP contribution in [-0.4, -0.2) is 27.3 Å². The lowest BCUT2D eigenvalue weighted by atomic mass is 9.79. The van der Waals surface area contributed by atoms with Gasteiger partial charge in [0.1, 0.15) is 5.60 Å². The fourth-order valence-electron chi connectivity index (χ4n) is 3.56. The van der Waals surface area contributed by atoms with Crippen LogP contribution in [0.5, 0.6) is 0 Å². The van der Waals surface area contributed by atoms with Crippen LogP contribution < -0.4 is 5.32 Å². The van der Waals surface area contributed by atoms with Crippen molar-refractivity contribution < 1.29 is 9.90 Å². The minimum absolute atomic E-state index is 0.209. The maximum absolute atomic E-state index is 12.2. The van der Waals surface area contributed by atoms with E-state index in [1.54, 1.807) is 10.8 Å². The predicted molar refractivity (Wildman–Crippen MR) is 98.0 cm³/mol. The van der Waals surface area contributed by atoms with Crippen LogP contribution in [0.2, 0.25) is 0 Å². The number of hydrogen-bond donors (Lipinski definition) is 2. The van der Waals surface area contributed by atoms with E-state index >= 15 is 0 Å². The van der Waals surface area contributed by atoms with E-state index in [1.807, 2.05) is 39.1 Å². The van der Waals surface area contributed by atoms with Crippen LogP contribution in [0.3, 0.4) is 0 Å². The molecule has 0 saturated carbocycles. The van der Waals surface area contributed by atoms with E-state index in [2.05, 4.69) is 16.5 Å². The quantitative estimate of drug-likeness (QED) is 0.841. The summed E-state index contributed by atoms with van der Waals surface area (Å²) in [5.41, 5.74) is 3.98. The number of carbonyl (C=O) groups is 1. The summed E-state index contributed by atoms with van der Waals surface area (Å²) in [6, 6.07) is 7.93. The van der Waals surface area contributed by atoms with Crippen LogP contribution in [0.15, 0.2) is 30.3 Å². The summed E-state index contributed by atoms with van der Waals surface area (Å²) < 4.78 is 1.80. The average Bonchev–Trinajstić information content (AvgIpc) is 2.84. The number of aryl methyl sites for hydroxylation is 3. The lowest BCUT2D eigenvalue weighted by Gasteiger charge is -2.34. The highest BCUT2D eigenvalue weighted by Gasteiger charge is 2.34. The van der Waals surface area contributed by atoms with E-state index in [0.29, 0.717) is 6.42 Å². The first-order valence-electron chi connectivity index (χ1n) is 8.67. The first-order valence-corrected chi connectivity index (χ1v) is 8.67. The maximum atomic E-state index is 12.2. The number of aromatic nitrogens is 2. The molecule has 0 radical (unpaired) electrons. The highest BCUT2D eigenvalue weighted by Crippen LogP contribution is 2.34. The number of benzene rings is 1. The van der Waals surface area contributed by atoms with Gasteiger partial charge in [-0.2, -0.15) is 5.10 Å². The molecule has 1 aromatic heterocycles. The van der Waals surface area contributed by atoms with E-state index in [-0.39, 0.29) is 12.5 Å². The Labute approximate surface area is 148 Å². The van der Waals surface area contributed by atoms with E-state index in [9.17, 15) is 9.90 Å². The topological polar surface area (TPSA) is 67.2 Å². The van der Waals surface area contributed by atoms with Gasteiger partial charge in [0, 0.05) is 24.4 Å². The molecule has 1 heterocycles. The van der Waals surface area contributed by atoms with E-state index < -0.39 is 5.60 Å². The van der Waals surface area contributed by atoms with Gasteiger partial charge >= 0.3 is 0 Å². The molecule has 3 rings (SSSR count). The molecule has 25 heavy (non-hydrogen) atoms. The smallest absolute Gasteiger partial charge is 0.244 e. The molecule has 2 aromatic rings. The summed E-state index contributed by atoms with van der Waals surface area (Å²) in [5, 5.41) is 18.2. The van der Waals surface area contributed by atoms with Crippen molar-refractivity contribution in [1.82, 2.24) is 15.1 Å². The lowest BCUT2D eigenvalue weighted by Crippen LogP contribution is -2.42. The van der Waals surface area contributed by atoms with Crippen molar-refractivity contribution in [2.24, 2.45) is 7.05 Å². The Bertz CT molecular complexity index is 822. The molecule has 5 nitrogen and oxygen atoms in total. The van der Waals surface area contributed by atoms with Gasteiger partial charge in [-0.05, 0) is 50.3 Å². The Morgan fingerprint density at radius 3 is 2.88 bits per heavy atom. The lowest BCUT2D eigenvalue weighted by molar-refractivity contribution is -0.118. The fraction of sp³-hybridized carbons (Fsp3) is 0.400. The summed E-state index contributed by atoms with van der Waals surface area (Å²) in [6.45, 7) is 4.11. The molecule has 0 spiro atoms. The molecule has 1 amide bonds. The summed E-state index contributed by atoms with van der Waals surface area (Å²) in [6.07, 6.45) is 5.86. The third kappa shape index (κ3) is 3.51. The number of fused-ring (bicyclic) bond motifs is 1. The Morgan fingerprint density at radius 1 is 1.40 bits per heavy atom. The third-order valence-electron chi connectivity index (χ3n) is 5.08. The Balaban J connectivity index is 1.68. The molecule has 0 bridgehead atoms. The molecule has 132 valence electrons. The zero-order valence-electron chi connectivity index (χ0n) is 15.0. The van der Waals surface area contributed by atoms with Gasteiger partial charge in [-0.15, -0.1) is 0 Å². The molecule has 1 aliphatic rings. The molecule has 0 unspecified atom stereocenters. The van der Waals surface area contributed by atoms with Crippen LogP contribution >= 0.6 is 0 Å². The number of hydrogen-bond acceptors (Lipinski definition) is 3. The number of nitrogens with zero attached hydrogens (tertiary/aromatic N) is 2. The fourth-order valence-corrected chi connectivity index (χ4v) is 3.56. The molecular formula is C20H25N3O2. The van der Waals surface area contributed by atoms with E-state index in [0.717, 1.165) is 35.4 Å². The minimum atomic E-state index is -0.988. The van der Waals surface area contributed by atoms with Crippen LogP contribution in [0.4, 0.5) is 0 Å². The van der Waals surface area contributed by atoms with Gasteiger partial charge < -0.3 is 10.4 Å². The first kappa shape index (κ1) is 17.4. The van der Waals surface area contributed by atoms with Gasteiger partial charge in [0.25, 0.3) is 0 Å². The Morgan fingerprint density at radius 2 is 2.16 bits per heavy atom. The molecule has 5 heteroatoms. The highest BCUT2D eigenvalue weighted by atomic mass is 16.3. The van der Waals surface area contributed by atoms with Gasteiger partial charge in [-0.3, -0.25) is 9.48 Å². The second-order valence-corrected chi connectivity index (χ2v) is 6.80. The Kier molecular flexibility index (Phi) is 4.77. The molecule has 0 saturated heterocycles. The van der Waals surface area contributed by atoms with Gasteiger partial charge in [0.05, 0.1) is 12.2 Å². The molecule has 1 atom stereocenters. The summed E-state index contributed by atoms with van der Waals surface area (Å²) in [4.78, 5) is 12.2. The van der Waals surface area contributed by atoms with Crippen molar-refractivity contribution in [1.29, 1.82) is 0 Å². The largest absolute Gasteiger partial charge is 0.383 e. The molecular weight excluding hydrogens is 314 g/mol. The van der Waals surface area contributed by atoms with Crippen LogP contribution in [0, 0.1) is 13.8 Å². The van der Waals surface area contributed by atoms with Crippen LogP contribution in [-0.2, 0) is 23.9 Å². The zero-order valence-corrected chi connectivity index (χ0v) is 15.0. The Hall–Kier alpha value is -2.40. The van der Waals surface area contributed by atoms with E-state index in [4.69, 9.17) is 0 Å². The van der Waals surface area contributed by atoms with Crippen molar-refractivity contribution in [3.63, 3.8) is 0 Å². The van der Waals surface area contributed by atoms with Gasteiger partial charge in [0.2, 0.25) is 5.91 Å². The molecule has 0 fully saturated rings. The van der Waals surface area contributed by atoms with Crippen LogP contribution in [0.25, 0.3) is 6.08 Å². The van der Waals surface area contributed by atoms with Crippen molar-refractivity contribution in [3.05, 3.63) is 58.4 Å². The molecule has 1 aliphatic carbocycles. The number of carbonyl (C=O) groups excluding carboxylic acids is 1.